The number of hydrogen-bond donors (Lipinski definition) is 2. The summed E-state index contributed by atoms with van der Waals surface area (Å²) in [4.78, 5) is 25.6. The first kappa shape index (κ1) is 28.6. The molecule has 1 aromatic heterocycles. The third kappa shape index (κ3) is 8.22. The van der Waals surface area contributed by atoms with Crippen LogP contribution in [0.5, 0.6) is 0 Å². The van der Waals surface area contributed by atoms with Crippen molar-refractivity contribution in [3.63, 3.8) is 0 Å². The minimum atomic E-state index is -0.295. The highest BCUT2D eigenvalue weighted by Crippen LogP contribution is 2.25. The number of hydrogen-bond acceptors (Lipinski definition) is 3. The van der Waals surface area contributed by atoms with Crippen LogP contribution in [0.15, 0.2) is 71.1 Å². The van der Waals surface area contributed by atoms with E-state index in [0.717, 1.165) is 12.0 Å². The number of carbonyl (C=O) groups excluding carboxylic acids is 2. The van der Waals surface area contributed by atoms with Gasteiger partial charge in [0.15, 0.2) is 0 Å². The molecule has 2 N–H and O–H groups in total. The molecule has 0 spiro atoms. The fourth-order valence-corrected chi connectivity index (χ4v) is 3.73. The molecule has 1 aromatic carbocycles. The Morgan fingerprint density at radius 2 is 1.86 bits per heavy atom. The van der Waals surface area contributed by atoms with E-state index in [9.17, 15) is 9.59 Å². The SMILES string of the molecule is CC/C(C)=C(/C=C(\C=C(/C)C(=O)NC)C(=O)Nc1cnn(C)c1)Cc1cccc(C)c1/C=C\C(C)C. The summed E-state index contributed by atoms with van der Waals surface area (Å²) in [6, 6.07) is 6.34. The molecule has 0 aliphatic carbocycles. The van der Waals surface area contributed by atoms with Crippen LogP contribution in [0.3, 0.4) is 0 Å². The zero-order valence-corrected chi connectivity index (χ0v) is 22.9. The molecule has 0 fully saturated rings. The lowest BCUT2D eigenvalue weighted by Crippen LogP contribution is -2.20. The molecule has 0 saturated heterocycles. The predicted octanol–water partition coefficient (Wildman–Crippen LogP) is 5.92. The van der Waals surface area contributed by atoms with Gasteiger partial charge in [0, 0.05) is 31.4 Å². The quantitative estimate of drug-likeness (QED) is 0.322. The molecule has 0 saturated carbocycles. The molecular formula is C30H40N4O2. The van der Waals surface area contributed by atoms with Crippen LogP contribution < -0.4 is 10.6 Å². The van der Waals surface area contributed by atoms with Crippen molar-refractivity contribution in [3.8, 4) is 0 Å². The summed E-state index contributed by atoms with van der Waals surface area (Å²) in [5, 5.41) is 9.66. The summed E-state index contributed by atoms with van der Waals surface area (Å²) in [6.45, 7) is 12.4. The van der Waals surface area contributed by atoms with E-state index in [4.69, 9.17) is 0 Å². The van der Waals surface area contributed by atoms with Gasteiger partial charge in [-0.3, -0.25) is 14.3 Å². The van der Waals surface area contributed by atoms with Gasteiger partial charge >= 0.3 is 0 Å². The van der Waals surface area contributed by atoms with Gasteiger partial charge in [0.05, 0.1) is 11.9 Å². The number of nitrogens with one attached hydrogen (secondary N) is 2. The van der Waals surface area contributed by atoms with E-state index < -0.39 is 0 Å². The maximum atomic E-state index is 13.3. The average Bonchev–Trinajstić information content (AvgIpc) is 3.25. The van der Waals surface area contributed by atoms with Crippen LogP contribution >= 0.6 is 0 Å². The van der Waals surface area contributed by atoms with Gasteiger partial charge in [-0.05, 0) is 73.9 Å². The Hall–Kier alpha value is -3.67. The van der Waals surface area contributed by atoms with Crippen LogP contribution in [0.2, 0.25) is 0 Å². The standard InChI is InChI=1S/C30H40N4O2/c1-9-21(4)25(16-24-12-10-11-22(5)28(24)14-13-20(2)3)17-26(15-23(6)29(35)31-7)30(36)33-27-18-32-34(8)19-27/h10-15,17-20H,9,16H2,1-8H3,(H,31,35)(H,33,36)/b14-13-,23-15+,25-21+,26-17+. The van der Waals surface area contributed by atoms with Crippen molar-refractivity contribution in [3.05, 3.63) is 87.8 Å². The van der Waals surface area contributed by atoms with Crippen LogP contribution in [0.1, 0.15) is 57.7 Å². The molecular weight excluding hydrogens is 448 g/mol. The lowest BCUT2D eigenvalue weighted by molar-refractivity contribution is -0.117. The second-order valence-corrected chi connectivity index (χ2v) is 9.45. The topological polar surface area (TPSA) is 76.0 Å². The van der Waals surface area contributed by atoms with Gasteiger partial charge in [-0.15, -0.1) is 0 Å². The van der Waals surface area contributed by atoms with Crippen molar-refractivity contribution in [2.45, 2.75) is 54.4 Å². The van der Waals surface area contributed by atoms with Gasteiger partial charge in [-0.1, -0.05) is 56.7 Å². The molecule has 0 unspecified atom stereocenters. The molecule has 6 nitrogen and oxygen atoms in total. The summed E-state index contributed by atoms with van der Waals surface area (Å²) < 4.78 is 1.63. The van der Waals surface area contributed by atoms with E-state index in [-0.39, 0.29) is 11.8 Å². The molecule has 2 aromatic rings. The highest BCUT2D eigenvalue weighted by atomic mass is 16.2. The van der Waals surface area contributed by atoms with Crippen LogP contribution in [0, 0.1) is 12.8 Å². The minimum absolute atomic E-state index is 0.229. The Bertz CT molecular complexity index is 1210. The predicted molar refractivity (Wildman–Crippen MR) is 149 cm³/mol. The number of rotatable bonds is 10. The molecule has 0 aliphatic rings. The van der Waals surface area contributed by atoms with E-state index in [1.54, 1.807) is 44.2 Å². The van der Waals surface area contributed by atoms with E-state index >= 15 is 0 Å². The first-order valence-electron chi connectivity index (χ1n) is 12.4. The molecule has 6 heteroatoms. The number of aryl methyl sites for hydroxylation is 2. The summed E-state index contributed by atoms with van der Waals surface area (Å²) in [6.07, 6.45) is 12.8. The molecule has 36 heavy (non-hydrogen) atoms. The summed E-state index contributed by atoms with van der Waals surface area (Å²) in [5.41, 5.74) is 7.32. The molecule has 1 heterocycles. The zero-order valence-electron chi connectivity index (χ0n) is 22.9. The number of aromatic nitrogens is 2. The van der Waals surface area contributed by atoms with Crippen LogP contribution in [-0.4, -0.2) is 28.6 Å². The van der Waals surface area contributed by atoms with Crippen molar-refractivity contribution < 1.29 is 9.59 Å². The van der Waals surface area contributed by atoms with Crippen LogP contribution in [0.25, 0.3) is 6.08 Å². The molecule has 0 bridgehead atoms. The van der Waals surface area contributed by atoms with Crippen molar-refractivity contribution in [1.29, 1.82) is 0 Å². The van der Waals surface area contributed by atoms with Crippen molar-refractivity contribution in [2.75, 3.05) is 12.4 Å². The van der Waals surface area contributed by atoms with Gasteiger partial charge < -0.3 is 10.6 Å². The Kier molecular flexibility index (Phi) is 10.7. The molecule has 192 valence electrons. The zero-order chi connectivity index (χ0) is 26.8. The first-order chi connectivity index (χ1) is 17.0. The number of benzene rings is 1. The number of allylic oxidation sites excluding steroid dienone is 4. The summed E-state index contributed by atoms with van der Waals surface area (Å²) in [5.74, 6) is -0.0743. The third-order valence-electron chi connectivity index (χ3n) is 6.03. The minimum Gasteiger partial charge on any atom is -0.355 e. The van der Waals surface area contributed by atoms with Crippen LogP contribution in [-0.2, 0) is 23.1 Å². The molecule has 0 radical (unpaired) electrons. The molecule has 2 amide bonds. The number of carbonyl (C=O) groups is 2. The molecule has 0 atom stereocenters. The molecule has 0 aliphatic heterocycles. The highest BCUT2D eigenvalue weighted by Gasteiger charge is 2.14. The van der Waals surface area contributed by atoms with Crippen molar-refractivity contribution in [2.24, 2.45) is 13.0 Å². The summed E-state index contributed by atoms with van der Waals surface area (Å²) in [7, 11) is 3.37. The first-order valence-corrected chi connectivity index (χ1v) is 12.4. The van der Waals surface area contributed by atoms with Gasteiger partial charge in [-0.25, -0.2) is 0 Å². The Balaban J connectivity index is 2.58. The maximum absolute atomic E-state index is 13.3. The number of nitrogens with zero attached hydrogens (tertiary/aromatic N) is 2. The summed E-state index contributed by atoms with van der Waals surface area (Å²) >= 11 is 0. The van der Waals surface area contributed by atoms with Crippen LogP contribution in [0.4, 0.5) is 5.69 Å². The van der Waals surface area contributed by atoms with Gasteiger partial charge in [-0.2, -0.15) is 5.10 Å². The van der Waals surface area contributed by atoms with Crippen molar-refractivity contribution >= 4 is 23.6 Å². The maximum Gasteiger partial charge on any atom is 0.255 e. The monoisotopic (exact) mass is 488 g/mol. The lowest BCUT2D eigenvalue weighted by Gasteiger charge is -2.14. The number of likely N-dealkylation sites (N-methyl/N-ethyl adjacent to an activating group) is 1. The van der Waals surface area contributed by atoms with Gasteiger partial charge in [0.1, 0.15) is 0 Å². The smallest absolute Gasteiger partial charge is 0.255 e. The van der Waals surface area contributed by atoms with Gasteiger partial charge in [0.2, 0.25) is 5.91 Å². The second-order valence-electron chi connectivity index (χ2n) is 9.45. The Morgan fingerprint density at radius 1 is 1.14 bits per heavy atom. The van der Waals surface area contributed by atoms with E-state index in [0.29, 0.717) is 29.2 Å². The number of amides is 2. The fourth-order valence-electron chi connectivity index (χ4n) is 3.73. The van der Waals surface area contributed by atoms with E-state index in [1.165, 1.54) is 22.3 Å². The normalized spacial score (nSPS) is 13.2. The average molecular weight is 489 g/mol. The molecule has 2 rings (SSSR count). The van der Waals surface area contributed by atoms with E-state index in [2.05, 4.69) is 80.7 Å². The fraction of sp³-hybridized carbons (Fsp3) is 0.367. The Labute approximate surface area is 215 Å². The Morgan fingerprint density at radius 3 is 2.44 bits per heavy atom. The second kappa shape index (κ2) is 13.4. The third-order valence-corrected chi connectivity index (χ3v) is 6.03. The number of anilines is 1. The van der Waals surface area contributed by atoms with E-state index in [1.807, 2.05) is 6.08 Å². The van der Waals surface area contributed by atoms with Crippen molar-refractivity contribution in [1.82, 2.24) is 15.1 Å². The largest absolute Gasteiger partial charge is 0.355 e. The van der Waals surface area contributed by atoms with Gasteiger partial charge in [0.25, 0.3) is 5.91 Å². The highest BCUT2D eigenvalue weighted by molar-refractivity contribution is 6.07. The lowest BCUT2D eigenvalue weighted by atomic mass is 9.91.